The molecule has 1 aliphatic heterocycles. The van der Waals surface area contributed by atoms with E-state index in [0.29, 0.717) is 12.1 Å². The van der Waals surface area contributed by atoms with Crippen LogP contribution in [0.25, 0.3) is 0 Å². The number of aromatic nitrogens is 1. The van der Waals surface area contributed by atoms with Gasteiger partial charge in [-0.1, -0.05) is 17.7 Å². The molecule has 2 heterocycles. The topological polar surface area (TPSA) is 48.1 Å². The van der Waals surface area contributed by atoms with E-state index in [0.717, 1.165) is 24.2 Å². The van der Waals surface area contributed by atoms with Gasteiger partial charge in [0.1, 0.15) is 5.82 Å². The van der Waals surface area contributed by atoms with Gasteiger partial charge in [-0.25, -0.2) is 4.39 Å². The summed E-state index contributed by atoms with van der Waals surface area (Å²) in [7, 11) is 2.02. The Labute approximate surface area is 146 Å². The van der Waals surface area contributed by atoms with Crippen molar-refractivity contribution >= 4 is 17.5 Å². The maximum absolute atomic E-state index is 13.8. The predicted molar refractivity (Wildman–Crippen MR) is 92.8 cm³/mol. The minimum Gasteiger partial charge on any atom is -0.365 e. The summed E-state index contributed by atoms with van der Waals surface area (Å²) in [5.41, 5.74) is 2.41. The summed E-state index contributed by atoms with van der Waals surface area (Å²) in [5.74, 6) is -0.247. The van der Waals surface area contributed by atoms with Gasteiger partial charge < -0.3 is 10.3 Å². The lowest BCUT2D eigenvalue weighted by Gasteiger charge is -2.26. The van der Waals surface area contributed by atoms with Crippen LogP contribution in [0.15, 0.2) is 30.5 Å². The van der Waals surface area contributed by atoms with Crippen LogP contribution in [-0.2, 0) is 0 Å². The molecule has 0 saturated carbocycles. The summed E-state index contributed by atoms with van der Waals surface area (Å²) < 4.78 is 13.8. The van der Waals surface area contributed by atoms with E-state index in [2.05, 4.69) is 15.2 Å². The highest BCUT2D eigenvalue weighted by atomic mass is 35.5. The largest absolute Gasteiger partial charge is 0.365 e. The first-order chi connectivity index (χ1) is 11.5. The van der Waals surface area contributed by atoms with Crippen LogP contribution in [0, 0.1) is 18.7 Å². The summed E-state index contributed by atoms with van der Waals surface area (Å²) >= 11 is 5.79. The van der Waals surface area contributed by atoms with Gasteiger partial charge >= 0.3 is 0 Å². The zero-order valence-electron chi connectivity index (χ0n) is 13.8. The highest BCUT2D eigenvalue weighted by Gasteiger charge is 2.33. The Kier molecular flexibility index (Phi) is 4.92. The van der Waals surface area contributed by atoms with Crippen LogP contribution >= 0.6 is 11.6 Å². The van der Waals surface area contributed by atoms with E-state index in [-0.39, 0.29) is 22.9 Å². The van der Waals surface area contributed by atoms with Gasteiger partial charge in [-0.2, -0.15) is 0 Å². The lowest BCUT2D eigenvalue weighted by molar-refractivity contribution is 0.0943. The normalized spacial score (nSPS) is 21.2. The molecule has 3 rings (SSSR count). The number of carbonyl (C=O) groups excluding carboxylic acids is 1. The van der Waals surface area contributed by atoms with Gasteiger partial charge in [0.25, 0.3) is 5.91 Å². The van der Waals surface area contributed by atoms with Crippen molar-refractivity contribution in [2.24, 2.45) is 5.92 Å². The smallest absolute Gasteiger partial charge is 0.253 e. The summed E-state index contributed by atoms with van der Waals surface area (Å²) in [5, 5.41) is 3.14. The van der Waals surface area contributed by atoms with Crippen LogP contribution in [0.4, 0.5) is 4.39 Å². The number of hydrogen-bond acceptors (Lipinski definition) is 2. The number of rotatable bonds is 4. The van der Waals surface area contributed by atoms with E-state index in [1.807, 2.05) is 20.0 Å². The molecule has 6 heteroatoms. The SMILES string of the molecule is Cc1[nH]ccc1C(=O)NCC1CCN(C)C1c1ccc(Cl)c(F)c1. The molecule has 1 aromatic heterocycles. The van der Waals surface area contributed by atoms with E-state index in [4.69, 9.17) is 11.6 Å². The number of likely N-dealkylation sites (tertiary alicyclic amines) is 1. The standard InChI is InChI=1S/C18H21ClFN3O/c1-11-14(5-7-21-11)18(24)22-10-13-6-8-23(2)17(13)12-3-4-15(19)16(20)9-12/h3-5,7,9,13,17,21H,6,8,10H2,1-2H3,(H,22,24). The third kappa shape index (κ3) is 3.32. The molecule has 1 aliphatic rings. The maximum atomic E-state index is 13.8. The molecule has 2 unspecified atom stereocenters. The number of nitrogens with zero attached hydrogens (tertiary/aromatic N) is 1. The van der Waals surface area contributed by atoms with Crippen molar-refractivity contribution in [2.45, 2.75) is 19.4 Å². The van der Waals surface area contributed by atoms with Gasteiger partial charge in [0.05, 0.1) is 10.6 Å². The van der Waals surface area contributed by atoms with Crippen LogP contribution in [0.5, 0.6) is 0 Å². The first-order valence-electron chi connectivity index (χ1n) is 8.04. The molecular formula is C18H21ClFN3O. The molecule has 0 bridgehead atoms. The van der Waals surface area contributed by atoms with E-state index in [9.17, 15) is 9.18 Å². The highest BCUT2D eigenvalue weighted by Crippen LogP contribution is 2.36. The van der Waals surface area contributed by atoms with Crippen LogP contribution < -0.4 is 5.32 Å². The van der Waals surface area contributed by atoms with E-state index in [1.165, 1.54) is 6.07 Å². The number of carbonyl (C=O) groups is 1. The first-order valence-corrected chi connectivity index (χ1v) is 8.42. The van der Waals surface area contributed by atoms with Crippen molar-refractivity contribution in [3.8, 4) is 0 Å². The molecule has 0 spiro atoms. The maximum Gasteiger partial charge on any atom is 0.253 e. The summed E-state index contributed by atoms with van der Waals surface area (Å²) in [6, 6.07) is 6.81. The number of aryl methyl sites for hydroxylation is 1. The second-order valence-corrected chi connectivity index (χ2v) is 6.78. The molecule has 1 fully saturated rings. The lowest BCUT2D eigenvalue weighted by atomic mass is 9.93. The molecule has 1 amide bonds. The molecular weight excluding hydrogens is 329 g/mol. The molecule has 0 radical (unpaired) electrons. The van der Waals surface area contributed by atoms with E-state index in [1.54, 1.807) is 18.3 Å². The quantitative estimate of drug-likeness (QED) is 0.887. The lowest BCUT2D eigenvalue weighted by Crippen LogP contribution is -2.32. The van der Waals surface area contributed by atoms with Crippen molar-refractivity contribution < 1.29 is 9.18 Å². The van der Waals surface area contributed by atoms with Gasteiger partial charge in [-0.05, 0) is 56.6 Å². The van der Waals surface area contributed by atoms with Gasteiger partial charge in [0.15, 0.2) is 0 Å². The fraction of sp³-hybridized carbons (Fsp3) is 0.389. The molecule has 4 nitrogen and oxygen atoms in total. The monoisotopic (exact) mass is 349 g/mol. The van der Waals surface area contributed by atoms with E-state index < -0.39 is 5.82 Å². The minimum atomic E-state index is -0.403. The number of aromatic amines is 1. The molecule has 1 aromatic carbocycles. The van der Waals surface area contributed by atoms with Crippen molar-refractivity contribution in [2.75, 3.05) is 20.1 Å². The second kappa shape index (κ2) is 6.95. The zero-order valence-corrected chi connectivity index (χ0v) is 14.5. The molecule has 1 saturated heterocycles. The average molecular weight is 350 g/mol. The Morgan fingerprint density at radius 1 is 1.46 bits per heavy atom. The van der Waals surface area contributed by atoms with Crippen LogP contribution in [-0.4, -0.2) is 35.9 Å². The Balaban J connectivity index is 1.71. The third-order valence-electron chi connectivity index (χ3n) is 4.78. The van der Waals surface area contributed by atoms with Crippen molar-refractivity contribution in [3.63, 3.8) is 0 Å². The van der Waals surface area contributed by atoms with Gasteiger partial charge in [0, 0.05) is 24.5 Å². The van der Waals surface area contributed by atoms with Crippen molar-refractivity contribution in [1.29, 1.82) is 0 Å². The van der Waals surface area contributed by atoms with Crippen LogP contribution in [0.1, 0.15) is 34.1 Å². The molecule has 2 atom stereocenters. The van der Waals surface area contributed by atoms with Crippen LogP contribution in [0.2, 0.25) is 5.02 Å². The third-order valence-corrected chi connectivity index (χ3v) is 5.09. The number of amides is 1. The molecule has 24 heavy (non-hydrogen) atoms. The van der Waals surface area contributed by atoms with Crippen molar-refractivity contribution in [1.82, 2.24) is 15.2 Å². The minimum absolute atomic E-state index is 0.0735. The second-order valence-electron chi connectivity index (χ2n) is 6.37. The zero-order chi connectivity index (χ0) is 17.3. The van der Waals surface area contributed by atoms with Crippen molar-refractivity contribution in [3.05, 3.63) is 58.1 Å². The molecule has 2 aromatic rings. The van der Waals surface area contributed by atoms with Gasteiger partial charge in [-0.3, -0.25) is 9.69 Å². The Morgan fingerprint density at radius 2 is 2.25 bits per heavy atom. The number of H-pyrrole nitrogens is 1. The number of nitrogens with one attached hydrogen (secondary N) is 2. The molecule has 0 aliphatic carbocycles. The average Bonchev–Trinajstić information content (AvgIpc) is 3.14. The van der Waals surface area contributed by atoms with E-state index >= 15 is 0 Å². The number of benzene rings is 1. The molecule has 2 N–H and O–H groups in total. The Hall–Kier alpha value is -1.85. The fourth-order valence-electron chi connectivity index (χ4n) is 3.48. The fourth-order valence-corrected chi connectivity index (χ4v) is 3.60. The highest BCUT2D eigenvalue weighted by molar-refractivity contribution is 6.30. The summed E-state index contributed by atoms with van der Waals surface area (Å²) in [6.07, 6.45) is 2.71. The Bertz CT molecular complexity index is 746. The molecule has 128 valence electrons. The number of hydrogen-bond donors (Lipinski definition) is 2. The predicted octanol–water partition coefficient (Wildman–Crippen LogP) is 3.54. The Morgan fingerprint density at radius 3 is 2.92 bits per heavy atom. The summed E-state index contributed by atoms with van der Waals surface area (Å²) in [6.45, 7) is 3.35. The number of halogens is 2. The van der Waals surface area contributed by atoms with Gasteiger partial charge in [0.2, 0.25) is 0 Å². The first kappa shape index (κ1) is 17.0. The van der Waals surface area contributed by atoms with Crippen LogP contribution in [0.3, 0.4) is 0 Å². The van der Waals surface area contributed by atoms with Gasteiger partial charge in [-0.15, -0.1) is 0 Å². The summed E-state index contributed by atoms with van der Waals surface area (Å²) in [4.78, 5) is 17.5.